The van der Waals surface area contributed by atoms with Gasteiger partial charge in [0, 0.05) is 10.6 Å². The molecule has 9 heteroatoms. The lowest BCUT2D eigenvalue weighted by molar-refractivity contribution is 0.575. The van der Waals surface area contributed by atoms with Crippen molar-refractivity contribution in [2.75, 3.05) is 11.3 Å². The fraction of sp³-hybridized carbons (Fsp3) is 0. The Kier molecular flexibility index (Phi) is 3.99. The maximum absolute atomic E-state index is 6.14. The number of hydrogen-bond donors (Lipinski definition) is 2. The number of benzene rings is 1. The van der Waals surface area contributed by atoms with E-state index in [0.29, 0.717) is 27.5 Å². The van der Waals surface area contributed by atoms with E-state index in [1.165, 1.54) is 17.2 Å². The average Bonchev–Trinajstić information content (AvgIpc) is 3.09. The van der Waals surface area contributed by atoms with Gasteiger partial charge in [0.25, 0.3) is 5.95 Å². The number of anilines is 1. The van der Waals surface area contributed by atoms with Gasteiger partial charge in [0.2, 0.25) is 0 Å². The second-order valence-electron chi connectivity index (χ2n) is 4.26. The molecular formula is C13H10Cl2N6O. The summed E-state index contributed by atoms with van der Waals surface area (Å²) in [5.41, 5.74) is 3.39. The number of nitrogens with one attached hydrogen (secondary N) is 1. The van der Waals surface area contributed by atoms with Crippen LogP contribution in [0.5, 0.6) is 0 Å². The lowest BCUT2D eigenvalue weighted by Crippen LogP contribution is -2.10. The molecule has 0 aliphatic heterocycles. The van der Waals surface area contributed by atoms with Crippen LogP contribution in [0.4, 0.5) is 5.95 Å². The zero-order valence-corrected chi connectivity index (χ0v) is 12.6. The van der Waals surface area contributed by atoms with Crippen molar-refractivity contribution in [3.63, 3.8) is 0 Å². The molecule has 2 heterocycles. The molecule has 3 rings (SSSR count). The predicted octanol–water partition coefficient (Wildman–Crippen LogP) is 3.00. The summed E-state index contributed by atoms with van der Waals surface area (Å²) in [6.07, 6.45) is 2.84. The molecule has 0 spiro atoms. The molecule has 0 saturated heterocycles. The van der Waals surface area contributed by atoms with Crippen molar-refractivity contribution in [1.29, 1.82) is 0 Å². The lowest BCUT2D eigenvalue weighted by Gasteiger charge is -2.00. The van der Waals surface area contributed by atoms with Crippen LogP contribution in [0, 0.1) is 0 Å². The summed E-state index contributed by atoms with van der Waals surface area (Å²) >= 11 is 12.0. The summed E-state index contributed by atoms with van der Waals surface area (Å²) in [4.78, 5) is 0. The highest BCUT2D eigenvalue weighted by Gasteiger charge is 2.08. The maximum atomic E-state index is 6.14. The molecular weight excluding hydrogens is 327 g/mol. The topological polar surface area (TPSA) is 94.3 Å². The molecule has 7 nitrogen and oxygen atoms in total. The largest absolute Gasteiger partial charge is 0.455 e. The zero-order chi connectivity index (χ0) is 15.5. The lowest BCUT2D eigenvalue weighted by atomic mass is 10.2. The molecule has 0 unspecified atom stereocenters. The standard InChI is InChI=1S/C13H10Cl2N6O/c14-8-1-3-10(11(15)5-8)12-4-2-9(22-12)6-17-19-13-20-18-7-21(13)16/h1-7H,16H2,(H,19,20). The predicted molar refractivity (Wildman–Crippen MR) is 85.6 cm³/mol. The normalized spacial score (nSPS) is 11.2. The van der Waals surface area contributed by atoms with Gasteiger partial charge in [-0.15, -0.1) is 10.2 Å². The number of nitrogens with zero attached hydrogens (tertiary/aromatic N) is 4. The van der Waals surface area contributed by atoms with Gasteiger partial charge >= 0.3 is 0 Å². The van der Waals surface area contributed by atoms with Gasteiger partial charge in [0.1, 0.15) is 17.8 Å². The van der Waals surface area contributed by atoms with Crippen molar-refractivity contribution in [2.45, 2.75) is 0 Å². The highest BCUT2D eigenvalue weighted by Crippen LogP contribution is 2.31. The van der Waals surface area contributed by atoms with Crippen LogP contribution in [0.15, 0.2) is 46.2 Å². The minimum absolute atomic E-state index is 0.309. The third kappa shape index (κ3) is 3.05. The van der Waals surface area contributed by atoms with Crippen molar-refractivity contribution in [1.82, 2.24) is 14.9 Å². The molecule has 0 aliphatic carbocycles. The molecule has 0 fully saturated rings. The Balaban J connectivity index is 1.75. The Hall–Kier alpha value is -2.51. The highest BCUT2D eigenvalue weighted by molar-refractivity contribution is 6.36. The molecule has 2 aromatic heterocycles. The number of rotatable bonds is 4. The molecule has 112 valence electrons. The molecule has 0 bridgehead atoms. The van der Waals surface area contributed by atoms with Crippen LogP contribution < -0.4 is 11.3 Å². The van der Waals surface area contributed by atoms with E-state index in [0.717, 1.165) is 5.56 Å². The van der Waals surface area contributed by atoms with E-state index >= 15 is 0 Å². The Bertz CT molecular complexity index is 826. The smallest absolute Gasteiger partial charge is 0.263 e. The Labute approximate surface area is 135 Å². The number of halogens is 2. The van der Waals surface area contributed by atoms with E-state index < -0.39 is 0 Å². The minimum atomic E-state index is 0.309. The summed E-state index contributed by atoms with van der Waals surface area (Å²) in [6, 6.07) is 8.75. The molecule has 0 atom stereocenters. The van der Waals surface area contributed by atoms with Gasteiger partial charge in [-0.2, -0.15) is 5.10 Å². The summed E-state index contributed by atoms with van der Waals surface area (Å²) < 4.78 is 6.86. The van der Waals surface area contributed by atoms with Gasteiger partial charge in [0.15, 0.2) is 0 Å². The van der Waals surface area contributed by atoms with E-state index in [2.05, 4.69) is 20.7 Å². The first kappa shape index (κ1) is 14.4. The van der Waals surface area contributed by atoms with Crippen LogP contribution >= 0.6 is 23.2 Å². The van der Waals surface area contributed by atoms with Crippen LogP contribution in [0.1, 0.15) is 5.76 Å². The van der Waals surface area contributed by atoms with Gasteiger partial charge in [0.05, 0.1) is 11.2 Å². The first-order valence-corrected chi connectivity index (χ1v) is 6.88. The van der Waals surface area contributed by atoms with E-state index in [1.807, 2.05) is 0 Å². The summed E-state index contributed by atoms with van der Waals surface area (Å²) in [7, 11) is 0. The van der Waals surface area contributed by atoms with Crippen molar-refractivity contribution in [3.8, 4) is 11.3 Å². The SMILES string of the molecule is Nn1cnnc1NN=Cc1ccc(-c2ccc(Cl)cc2Cl)o1. The van der Waals surface area contributed by atoms with Crippen molar-refractivity contribution < 1.29 is 4.42 Å². The molecule has 0 aliphatic rings. The van der Waals surface area contributed by atoms with E-state index in [1.54, 1.807) is 30.3 Å². The number of hydrazone groups is 1. The van der Waals surface area contributed by atoms with E-state index in [9.17, 15) is 0 Å². The molecule has 0 radical (unpaired) electrons. The van der Waals surface area contributed by atoms with E-state index in [4.69, 9.17) is 33.5 Å². The second kappa shape index (κ2) is 6.08. The van der Waals surface area contributed by atoms with Crippen LogP contribution in [0.3, 0.4) is 0 Å². The Morgan fingerprint density at radius 1 is 1.27 bits per heavy atom. The third-order valence-corrected chi connectivity index (χ3v) is 3.30. The molecule has 3 N–H and O–H groups in total. The fourth-order valence-corrected chi connectivity index (χ4v) is 2.23. The number of nitrogens with two attached hydrogens (primary N) is 1. The quantitative estimate of drug-likeness (QED) is 0.434. The fourth-order valence-electron chi connectivity index (χ4n) is 1.73. The van der Waals surface area contributed by atoms with Gasteiger partial charge in [-0.3, -0.25) is 0 Å². The Morgan fingerprint density at radius 3 is 2.86 bits per heavy atom. The molecule has 0 amide bonds. The van der Waals surface area contributed by atoms with Crippen LogP contribution in [-0.4, -0.2) is 21.1 Å². The number of aromatic nitrogens is 3. The zero-order valence-electron chi connectivity index (χ0n) is 11.1. The number of nitrogen functional groups attached to an aromatic ring is 1. The van der Waals surface area contributed by atoms with Gasteiger partial charge in [-0.1, -0.05) is 23.2 Å². The monoisotopic (exact) mass is 336 g/mol. The number of furan rings is 1. The van der Waals surface area contributed by atoms with Crippen molar-refractivity contribution >= 4 is 35.4 Å². The van der Waals surface area contributed by atoms with E-state index in [-0.39, 0.29) is 0 Å². The average molecular weight is 337 g/mol. The second-order valence-corrected chi connectivity index (χ2v) is 5.10. The molecule has 1 aromatic carbocycles. The first-order valence-electron chi connectivity index (χ1n) is 6.13. The summed E-state index contributed by atoms with van der Waals surface area (Å²) in [5, 5.41) is 12.4. The number of hydrogen-bond acceptors (Lipinski definition) is 6. The molecule has 3 aromatic rings. The van der Waals surface area contributed by atoms with Crippen LogP contribution in [0.2, 0.25) is 10.0 Å². The summed E-state index contributed by atoms with van der Waals surface area (Å²) in [5.74, 6) is 7.00. The van der Waals surface area contributed by atoms with Crippen LogP contribution in [-0.2, 0) is 0 Å². The highest BCUT2D eigenvalue weighted by atomic mass is 35.5. The first-order chi connectivity index (χ1) is 10.6. The third-order valence-electron chi connectivity index (χ3n) is 2.75. The summed E-state index contributed by atoms with van der Waals surface area (Å²) in [6.45, 7) is 0. The Morgan fingerprint density at radius 2 is 2.14 bits per heavy atom. The maximum Gasteiger partial charge on any atom is 0.263 e. The van der Waals surface area contributed by atoms with Gasteiger partial charge < -0.3 is 10.3 Å². The van der Waals surface area contributed by atoms with Crippen LogP contribution in [0.25, 0.3) is 11.3 Å². The van der Waals surface area contributed by atoms with Gasteiger partial charge in [-0.25, -0.2) is 10.1 Å². The van der Waals surface area contributed by atoms with Crippen molar-refractivity contribution in [2.24, 2.45) is 5.10 Å². The van der Waals surface area contributed by atoms with Crippen molar-refractivity contribution in [3.05, 3.63) is 52.5 Å². The minimum Gasteiger partial charge on any atom is -0.455 e. The van der Waals surface area contributed by atoms with Gasteiger partial charge in [-0.05, 0) is 30.3 Å². The molecule has 0 saturated carbocycles. The molecule has 22 heavy (non-hydrogen) atoms.